The van der Waals surface area contributed by atoms with E-state index in [9.17, 15) is 0 Å². The largest absolute Gasteiger partial charge is 0.488 e. The maximum absolute atomic E-state index is 6.27. The van der Waals surface area contributed by atoms with Gasteiger partial charge in [-0.2, -0.15) is 0 Å². The van der Waals surface area contributed by atoms with E-state index in [2.05, 4.69) is 76.9 Å². The molecule has 4 rings (SSSR count). The van der Waals surface area contributed by atoms with E-state index in [0.29, 0.717) is 6.61 Å². The molecule has 3 nitrogen and oxygen atoms in total. The summed E-state index contributed by atoms with van der Waals surface area (Å²) in [5, 5.41) is 3.41. The standard InChI is InChI=1S/C23H24N2O/c1-2-8-19(9-3-1)21-11-5-7-13-23(21)26-18-20-10-4-6-12-22(20)25-16-14-24-15-17-25/h1-13,24H,14-18H2. The van der Waals surface area contributed by atoms with Crippen molar-refractivity contribution in [1.29, 1.82) is 0 Å². The first-order valence-corrected chi connectivity index (χ1v) is 9.22. The highest BCUT2D eigenvalue weighted by Crippen LogP contribution is 2.31. The van der Waals surface area contributed by atoms with E-state index in [0.717, 1.165) is 37.5 Å². The zero-order valence-corrected chi connectivity index (χ0v) is 14.9. The number of rotatable bonds is 5. The summed E-state index contributed by atoms with van der Waals surface area (Å²) in [5.41, 5.74) is 4.83. The number of hydrogen-bond donors (Lipinski definition) is 1. The fourth-order valence-electron chi connectivity index (χ4n) is 3.45. The van der Waals surface area contributed by atoms with Crippen LogP contribution >= 0.6 is 0 Å². The van der Waals surface area contributed by atoms with Crippen LogP contribution in [0.15, 0.2) is 78.9 Å². The molecule has 0 unspecified atom stereocenters. The Hall–Kier alpha value is -2.78. The van der Waals surface area contributed by atoms with Gasteiger partial charge >= 0.3 is 0 Å². The monoisotopic (exact) mass is 344 g/mol. The van der Waals surface area contributed by atoms with Crippen molar-refractivity contribution in [1.82, 2.24) is 5.32 Å². The molecule has 0 bridgehead atoms. The molecule has 1 aliphatic heterocycles. The zero-order chi connectivity index (χ0) is 17.6. The molecule has 1 fully saturated rings. The number of nitrogens with zero attached hydrogens (tertiary/aromatic N) is 1. The molecule has 3 aromatic rings. The van der Waals surface area contributed by atoms with E-state index in [1.54, 1.807) is 0 Å². The van der Waals surface area contributed by atoms with Gasteiger partial charge in [-0.15, -0.1) is 0 Å². The van der Waals surface area contributed by atoms with Crippen LogP contribution in [0.3, 0.4) is 0 Å². The van der Waals surface area contributed by atoms with Gasteiger partial charge in [0.05, 0.1) is 0 Å². The molecule has 0 atom stereocenters. The van der Waals surface area contributed by atoms with Crippen molar-refractivity contribution in [3.8, 4) is 16.9 Å². The molecule has 0 spiro atoms. The maximum atomic E-state index is 6.27. The van der Waals surface area contributed by atoms with Crippen molar-refractivity contribution >= 4 is 5.69 Å². The van der Waals surface area contributed by atoms with E-state index in [1.165, 1.54) is 16.8 Å². The Morgan fingerprint density at radius 1 is 0.769 bits per heavy atom. The lowest BCUT2D eigenvalue weighted by molar-refractivity contribution is 0.307. The summed E-state index contributed by atoms with van der Waals surface area (Å²) >= 11 is 0. The van der Waals surface area contributed by atoms with Crippen LogP contribution in [0.2, 0.25) is 0 Å². The van der Waals surface area contributed by atoms with Gasteiger partial charge < -0.3 is 15.0 Å². The van der Waals surface area contributed by atoms with Crippen LogP contribution < -0.4 is 15.0 Å². The number of nitrogens with one attached hydrogen (secondary N) is 1. The first kappa shape index (κ1) is 16.7. The van der Waals surface area contributed by atoms with Gasteiger partial charge in [-0.05, 0) is 17.7 Å². The van der Waals surface area contributed by atoms with Crippen molar-refractivity contribution in [3.63, 3.8) is 0 Å². The maximum Gasteiger partial charge on any atom is 0.127 e. The second kappa shape index (κ2) is 8.07. The molecule has 26 heavy (non-hydrogen) atoms. The third kappa shape index (κ3) is 3.73. The van der Waals surface area contributed by atoms with Crippen LogP contribution in [-0.2, 0) is 6.61 Å². The van der Waals surface area contributed by atoms with Gasteiger partial charge in [0.25, 0.3) is 0 Å². The van der Waals surface area contributed by atoms with Crippen LogP contribution in [0.4, 0.5) is 5.69 Å². The normalized spacial score (nSPS) is 14.2. The highest BCUT2D eigenvalue weighted by molar-refractivity contribution is 5.70. The van der Waals surface area contributed by atoms with Crippen LogP contribution in [-0.4, -0.2) is 26.2 Å². The lowest BCUT2D eigenvalue weighted by Gasteiger charge is -2.31. The van der Waals surface area contributed by atoms with Crippen molar-refractivity contribution in [2.45, 2.75) is 6.61 Å². The molecular weight excluding hydrogens is 320 g/mol. The lowest BCUT2D eigenvalue weighted by atomic mass is 10.0. The summed E-state index contributed by atoms with van der Waals surface area (Å²) in [7, 11) is 0. The van der Waals surface area contributed by atoms with E-state index in [4.69, 9.17) is 4.74 Å². The summed E-state index contributed by atoms with van der Waals surface area (Å²) < 4.78 is 6.27. The summed E-state index contributed by atoms with van der Waals surface area (Å²) in [6, 6.07) is 27.2. The van der Waals surface area contributed by atoms with E-state index in [-0.39, 0.29) is 0 Å². The van der Waals surface area contributed by atoms with Gasteiger partial charge in [0.1, 0.15) is 12.4 Å². The Morgan fingerprint density at radius 2 is 1.46 bits per heavy atom. The minimum atomic E-state index is 0.573. The molecule has 0 radical (unpaired) electrons. The van der Waals surface area contributed by atoms with Crippen molar-refractivity contribution in [2.75, 3.05) is 31.1 Å². The Labute approximate surface area is 155 Å². The average molecular weight is 344 g/mol. The van der Waals surface area contributed by atoms with E-state index < -0.39 is 0 Å². The number of ether oxygens (including phenoxy) is 1. The molecular formula is C23H24N2O. The Morgan fingerprint density at radius 3 is 2.31 bits per heavy atom. The van der Waals surface area contributed by atoms with Crippen LogP contribution in [0.1, 0.15) is 5.56 Å². The van der Waals surface area contributed by atoms with Gasteiger partial charge in [-0.25, -0.2) is 0 Å². The average Bonchev–Trinajstić information content (AvgIpc) is 2.74. The summed E-state index contributed by atoms with van der Waals surface area (Å²) in [6.45, 7) is 4.72. The zero-order valence-electron chi connectivity index (χ0n) is 14.9. The second-order valence-corrected chi connectivity index (χ2v) is 6.52. The molecule has 0 saturated carbocycles. The van der Waals surface area contributed by atoms with Crippen LogP contribution in [0, 0.1) is 0 Å². The predicted octanol–water partition coefficient (Wildman–Crippen LogP) is 4.34. The lowest BCUT2D eigenvalue weighted by Crippen LogP contribution is -2.43. The first-order chi connectivity index (χ1) is 12.9. The topological polar surface area (TPSA) is 24.5 Å². The first-order valence-electron chi connectivity index (χ1n) is 9.22. The van der Waals surface area contributed by atoms with E-state index >= 15 is 0 Å². The van der Waals surface area contributed by atoms with Crippen molar-refractivity contribution < 1.29 is 4.74 Å². The smallest absolute Gasteiger partial charge is 0.127 e. The summed E-state index contributed by atoms with van der Waals surface area (Å²) in [5.74, 6) is 0.925. The second-order valence-electron chi connectivity index (χ2n) is 6.52. The fourth-order valence-corrected chi connectivity index (χ4v) is 3.45. The molecule has 1 N–H and O–H groups in total. The number of piperazine rings is 1. The van der Waals surface area contributed by atoms with Gasteiger partial charge in [0.15, 0.2) is 0 Å². The fraction of sp³-hybridized carbons (Fsp3) is 0.217. The van der Waals surface area contributed by atoms with E-state index in [1.807, 2.05) is 12.1 Å². The SMILES string of the molecule is c1ccc(-c2ccccc2OCc2ccccc2N2CCNCC2)cc1. The molecule has 1 aliphatic rings. The third-order valence-electron chi connectivity index (χ3n) is 4.80. The van der Waals surface area contributed by atoms with Crippen LogP contribution in [0.5, 0.6) is 5.75 Å². The molecule has 1 saturated heterocycles. The molecule has 0 amide bonds. The van der Waals surface area contributed by atoms with Crippen molar-refractivity contribution in [3.05, 3.63) is 84.4 Å². The number of para-hydroxylation sites is 2. The van der Waals surface area contributed by atoms with Crippen molar-refractivity contribution in [2.24, 2.45) is 0 Å². The molecule has 3 aromatic carbocycles. The number of benzene rings is 3. The highest BCUT2D eigenvalue weighted by Gasteiger charge is 2.14. The molecule has 0 aromatic heterocycles. The number of anilines is 1. The Kier molecular flexibility index (Phi) is 5.17. The predicted molar refractivity (Wildman–Crippen MR) is 108 cm³/mol. The minimum absolute atomic E-state index is 0.573. The number of hydrogen-bond acceptors (Lipinski definition) is 3. The Balaban J connectivity index is 1.56. The molecule has 3 heteroatoms. The summed E-state index contributed by atoms with van der Waals surface area (Å²) in [4.78, 5) is 2.44. The van der Waals surface area contributed by atoms with Gasteiger partial charge in [0.2, 0.25) is 0 Å². The quantitative estimate of drug-likeness (QED) is 0.745. The molecule has 132 valence electrons. The highest BCUT2D eigenvalue weighted by atomic mass is 16.5. The minimum Gasteiger partial charge on any atom is -0.488 e. The molecule has 0 aliphatic carbocycles. The van der Waals surface area contributed by atoms with Gasteiger partial charge in [-0.1, -0.05) is 66.7 Å². The Bertz CT molecular complexity index is 842. The van der Waals surface area contributed by atoms with Crippen LogP contribution in [0.25, 0.3) is 11.1 Å². The third-order valence-corrected chi connectivity index (χ3v) is 4.80. The summed E-state index contributed by atoms with van der Waals surface area (Å²) in [6.07, 6.45) is 0. The van der Waals surface area contributed by atoms with Gasteiger partial charge in [0, 0.05) is 43.0 Å². The van der Waals surface area contributed by atoms with Gasteiger partial charge in [-0.3, -0.25) is 0 Å². The molecule has 1 heterocycles.